The van der Waals surface area contributed by atoms with Crippen LogP contribution in [-0.2, 0) is 6.54 Å². The van der Waals surface area contributed by atoms with Crippen molar-refractivity contribution in [2.75, 3.05) is 19.6 Å². The van der Waals surface area contributed by atoms with E-state index < -0.39 is 0 Å². The first kappa shape index (κ1) is 16.4. The lowest BCUT2D eigenvalue weighted by Gasteiger charge is -2.29. The van der Waals surface area contributed by atoms with Crippen LogP contribution in [0.4, 0.5) is 0 Å². The highest BCUT2D eigenvalue weighted by molar-refractivity contribution is 6.44. The van der Waals surface area contributed by atoms with Crippen LogP contribution >= 0.6 is 34.8 Å². The molecule has 1 saturated heterocycles. The molecule has 1 aromatic rings. The lowest BCUT2D eigenvalue weighted by molar-refractivity contribution is 0.209. The van der Waals surface area contributed by atoms with Gasteiger partial charge in [-0.05, 0) is 45.0 Å². The van der Waals surface area contributed by atoms with Gasteiger partial charge in [0.25, 0.3) is 0 Å². The van der Waals surface area contributed by atoms with Gasteiger partial charge in [0.05, 0.1) is 10.0 Å². The van der Waals surface area contributed by atoms with Gasteiger partial charge in [-0.15, -0.1) is 0 Å². The van der Waals surface area contributed by atoms with Crippen molar-refractivity contribution < 1.29 is 0 Å². The van der Waals surface area contributed by atoms with Crippen molar-refractivity contribution in [3.63, 3.8) is 0 Å². The second-order valence-electron chi connectivity index (χ2n) is 5.46. The number of rotatable bonds is 5. The van der Waals surface area contributed by atoms with Gasteiger partial charge in [-0.25, -0.2) is 0 Å². The Kier molecular flexibility index (Phi) is 6.44. The molecule has 1 heterocycles. The molecule has 0 spiro atoms. The molecule has 0 aromatic heterocycles. The Balaban J connectivity index is 1.86. The molecule has 1 aliphatic rings. The van der Waals surface area contributed by atoms with Gasteiger partial charge in [-0.1, -0.05) is 41.2 Å². The van der Waals surface area contributed by atoms with Gasteiger partial charge in [0.2, 0.25) is 0 Å². The molecule has 2 nitrogen and oxygen atoms in total. The number of nitrogens with one attached hydrogen (secondary N) is 1. The van der Waals surface area contributed by atoms with Crippen molar-refractivity contribution in [3.8, 4) is 0 Å². The van der Waals surface area contributed by atoms with Crippen molar-refractivity contribution in [1.29, 1.82) is 0 Å². The molecule has 0 radical (unpaired) electrons. The van der Waals surface area contributed by atoms with Crippen LogP contribution in [0.1, 0.15) is 31.7 Å². The number of piperidine rings is 1. The lowest BCUT2D eigenvalue weighted by atomic mass is 10.1. The van der Waals surface area contributed by atoms with E-state index in [1.165, 1.54) is 32.4 Å². The van der Waals surface area contributed by atoms with Gasteiger partial charge in [-0.2, -0.15) is 0 Å². The Hall–Kier alpha value is 0.01000. The smallest absolute Gasteiger partial charge is 0.0652 e. The third-order valence-corrected chi connectivity index (χ3v) is 4.94. The van der Waals surface area contributed by atoms with Crippen LogP contribution in [0.3, 0.4) is 0 Å². The van der Waals surface area contributed by atoms with Gasteiger partial charge in [-0.3, -0.25) is 0 Å². The third kappa shape index (κ3) is 4.51. The predicted molar refractivity (Wildman–Crippen MR) is 88.1 cm³/mol. The van der Waals surface area contributed by atoms with E-state index in [-0.39, 0.29) is 0 Å². The Morgan fingerprint density at radius 1 is 1.10 bits per heavy atom. The molecule has 1 unspecified atom stereocenters. The molecule has 0 amide bonds. The average molecular weight is 336 g/mol. The maximum atomic E-state index is 6.21. The van der Waals surface area contributed by atoms with Crippen molar-refractivity contribution in [3.05, 3.63) is 32.8 Å². The molecule has 1 atom stereocenters. The zero-order valence-corrected chi connectivity index (χ0v) is 14.0. The first-order chi connectivity index (χ1) is 9.58. The van der Waals surface area contributed by atoms with Crippen LogP contribution in [-0.4, -0.2) is 30.6 Å². The third-order valence-electron chi connectivity index (χ3n) is 3.75. The van der Waals surface area contributed by atoms with E-state index in [2.05, 4.69) is 17.1 Å². The monoisotopic (exact) mass is 334 g/mol. The highest BCUT2D eigenvalue weighted by atomic mass is 35.5. The van der Waals surface area contributed by atoms with Crippen LogP contribution < -0.4 is 5.32 Å². The molecule has 1 aliphatic heterocycles. The quantitative estimate of drug-likeness (QED) is 0.790. The fourth-order valence-electron chi connectivity index (χ4n) is 2.60. The molecule has 1 aromatic carbocycles. The van der Waals surface area contributed by atoms with Crippen LogP contribution in [0.2, 0.25) is 15.1 Å². The molecule has 0 bridgehead atoms. The number of halogens is 3. The minimum Gasteiger partial charge on any atom is -0.309 e. The summed E-state index contributed by atoms with van der Waals surface area (Å²) in [4.78, 5) is 2.52. The van der Waals surface area contributed by atoms with E-state index in [4.69, 9.17) is 34.8 Å². The fraction of sp³-hybridized carbons (Fsp3) is 0.600. The van der Waals surface area contributed by atoms with E-state index in [1.54, 1.807) is 12.1 Å². The van der Waals surface area contributed by atoms with Crippen molar-refractivity contribution in [1.82, 2.24) is 10.2 Å². The highest BCUT2D eigenvalue weighted by Crippen LogP contribution is 2.31. The highest BCUT2D eigenvalue weighted by Gasteiger charge is 2.15. The molecule has 0 aliphatic carbocycles. The minimum atomic E-state index is 0.402. The molecule has 1 N–H and O–H groups in total. The maximum absolute atomic E-state index is 6.21. The lowest BCUT2D eigenvalue weighted by Crippen LogP contribution is -2.41. The fourth-order valence-corrected chi connectivity index (χ4v) is 3.28. The summed E-state index contributed by atoms with van der Waals surface area (Å²) in [5.74, 6) is 0. The topological polar surface area (TPSA) is 15.3 Å². The van der Waals surface area contributed by atoms with Crippen LogP contribution in [0, 0.1) is 0 Å². The van der Waals surface area contributed by atoms with Gasteiger partial charge in [0.15, 0.2) is 0 Å². The van der Waals surface area contributed by atoms with E-state index >= 15 is 0 Å². The van der Waals surface area contributed by atoms with E-state index in [0.717, 1.165) is 12.1 Å². The number of nitrogens with zero attached hydrogens (tertiary/aromatic N) is 1. The number of hydrogen-bond acceptors (Lipinski definition) is 2. The molecule has 0 saturated carbocycles. The first-order valence-electron chi connectivity index (χ1n) is 7.16. The second-order valence-corrected chi connectivity index (χ2v) is 6.66. The van der Waals surface area contributed by atoms with E-state index in [0.29, 0.717) is 27.7 Å². The van der Waals surface area contributed by atoms with Gasteiger partial charge >= 0.3 is 0 Å². The van der Waals surface area contributed by atoms with Crippen LogP contribution in [0.15, 0.2) is 12.1 Å². The average Bonchev–Trinajstić information content (AvgIpc) is 2.44. The normalized spacial score (nSPS) is 18.2. The summed E-state index contributed by atoms with van der Waals surface area (Å²) in [6.45, 7) is 6.33. The summed E-state index contributed by atoms with van der Waals surface area (Å²) in [5.41, 5.74) is 0.881. The number of hydrogen-bond donors (Lipinski definition) is 1. The molecule has 112 valence electrons. The second kappa shape index (κ2) is 7.86. The standard InChI is InChI=1S/C15H21Cl3N2/c1-11(10-20-7-3-2-4-8-20)19-9-12-13(16)5-6-14(17)15(12)18/h5-6,11,19H,2-4,7-10H2,1H3. The summed E-state index contributed by atoms with van der Waals surface area (Å²) in [7, 11) is 0. The van der Waals surface area contributed by atoms with Crippen molar-refractivity contribution >= 4 is 34.8 Å². The molecular formula is C15H21Cl3N2. The van der Waals surface area contributed by atoms with Gasteiger partial charge < -0.3 is 10.2 Å². The summed E-state index contributed by atoms with van der Waals surface area (Å²) >= 11 is 18.4. The molecule has 20 heavy (non-hydrogen) atoms. The maximum Gasteiger partial charge on any atom is 0.0652 e. The Morgan fingerprint density at radius 2 is 1.75 bits per heavy atom. The van der Waals surface area contributed by atoms with Crippen molar-refractivity contribution in [2.45, 2.75) is 38.8 Å². The number of benzene rings is 1. The van der Waals surface area contributed by atoms with Gasteiger partial charge in [0.1, 0.15) is 0 Å². The van der Waals surface area contributed by atoms with Gasteiger partial charge in [0, 0.05) is 29.7 Å². The molecule has 1 fully saturated rings. The first-order valence-corrected chi connectivity index (χ1v) is 8.29. The summed E-state index contributed by atoms with van der Waals surface area (Å²) < 4.78 is 0. The molecule has 5 heteroatoms. The summed E-state index contributed by atoms with van der Waals surface area (Å²) in [5, 5.41) is 5.25. The van der Waals surface area contributed by atoms with Crippen LogP contribution in [0.5, 0.6) is 0 Å². The van der Waals surface area contributed by atoms with Crippen molar-refractivity contribution in [2.24, 2.45) is 0 Å². The van der Waals surface area contributed by atoms with Crippen LogP contribution in [0.25, 0.3) is 0 Å². The Morgan fingerprint density at radius 3 is 2.45 bits per heavy atom. The Labute approximate surface area is 136 Å². The largest absolute Gasteiger partial charge is 0.309 e. The summed E-state index contributed by atoms with van der Waals surface area (Å²) in [6, 6.07) is 3.92. The predicted octanol–water partition coefficient (Wildman–Crippen LogP) is 4.61. The summed E-state index contributed by atoms with van der Waals surface area (Å²) in [6.07, 6.45) is 4.00. The Bertz CT molecular complexity index is 445. The SMILES string of the molecule is CC(CN1CCCCC1)NCc1c(Cl)ccc(Cl)c1Cl. The molecule has 2 rings (SSSR count). The zero-order chi connectivity index (χ0) is 14.5. The molecular weight excluding hydrogens is 315 g/mol. The number of likely N-dealkylation sites (tertiary alicyclic amines) is 1. The van der Waals surface area contributed by atoms with E-state index in [1.807, 2.05) is 0 Å². The zero-order valence-electron chi connectivity index (χ0n) is 11.8. The minimum absolute atomic E-state index is 0.402. The van der Waals surface area contributed by atoms with E-state index in [9.17, 15) is 0 Å².